The molecule has 5 nitrogen and oxygen atoms in total. The molecule has 0 bridgehead atoms. The van der Waals surface area contributed by atoms with Crippen molar-refractivity contribution in [3.63, 3.8) is 0 Å². The zero-order valence-electron chi connectivity index (χ0n) is 11.9. The van der Waals surface area contributed by atoms with Crippen LogP contribution in [-0.4, -0.2) is 52.4 Å². The summed E-state index contributed by atoms with van der Waals surface area (Å²) >= 11 is 5.39. The van der Waals surface area contributed by atoms with Gasteiger partial charge in [0, 0.05) is 37.7 Å². The number of rotatable bonds is 5. The van der Waals surface area contributed by atoms with E-state index >= 15 is 0 Å². The number of hydrogen-bond acceptors (Lipinski definition) is 5. The Balaban J connectivity index is 1.93. The Bertz CT molecular complexity index is 500. The first-order chi connectivity index (χ1) is 9.59. The topological polar surface area (TPSA) is 50.2 Å². The van der Waals surface area contributed by atoms with Gasteiger partial charge in [-0.05, 0) is 29.8 Å². The van der Waals surface area contributed by atoms with Crippen LogP contribution in [0.25, 0.3) is 0 Å². The smallest absolute Gasteiger partial charge is 0.283 e. The Morgan fingerprint density at radius 2 is 2.15 bits per heavy atom. The molecule has 0 radical (unpaired) electrons. The van der Waals surface area contributed by atoms with E-state index < -0.39 is 0 Å². The van der Waals surface area contributed by atoms with Crippen LogP contribution in [0.1, 0.15) is 19.9 Å². The largest absolute Gasteiger partial charge is 0.381 e. The molecule has 0 aliphatic carbocycles. The molecule has 0 spiro atoms. The summed E-state index contributed by atoms with van der Waals surface area (Å²) in [5.74, 6) is 2.44. The predicted octanol–water partition coefficient (Wildman–Crippen LogP) is 2.05. The number of nitrogens with one attached hydrogen (secondary N) is 1. The van der Waals surface area contributed by atoms with E-state index in [1.54, 1.807) is 6.20 Å². The van der Waals surface area contributed by atoms with Crippen molar-refractivity contribution in [1.29, 1.82) is 0 Å². The lowest BCUT2D eigenvalue weighted by Gasteiger charge is -2.26. The van der Waals surface area contributed by atoms with Gasteiger partial charge in [-0.1, -0.05) is 0 Å². The maximum atomic E-state index is 12.1. The molecule has 2 rings (SSSR count). The van der Waals surface area contributed by atoms with Crippen LogP contribution < -0.4 is 10.9 Å². The number of aromatic nitrogens is 2. The Morgan fingerprint density at radius 1 is 1.45 bits per heavy atom. The van der Waals surface area contributed by atoms with Gasteiger partial charge in [-0.15, -0.1) is 0 Å². The van der Waals surface area contributed by atoms with E-state index in [4.69, 9.17) is 0 Å². The zero-order valence-corrected chi connectivity index (χ0v) is 14.3. The third-order valence-corrected chi connectivity index (χ3v) is 4.99. The lowest BCUT2D eigenvalue weighted by Crippen LogP contribution is -2.36. The third-order valence-electron chi connectivity index (χ3n) is 3.28. The molecule has 1 N–H and O–H groups in total. The Morgan fingerprint density at radius 3 is 2.80 bits per heavy atom. The average molecular weight is 361 g/mol. The molecule has 0 amide bonds. The SMILES string of the molecule is CC(C)n1ncc(NCCN2CCSCC2)c(Br)c1=O. The first kappa shape index (κ1) is 15.9. The van der Waals surface area contributed by atoms with Crippen molar-refractivity contribution >= 4 is 33.4 Å². The quantitative estimate of drug-likeness (QED) is 0.870. The van der Waals surface area contributed by atoms with Crippen molar-refractivity contribution in [2.75, 3.05) is 43.0 Å². The lowest BCUT2D eigenvalue weighted by atomic mass is 10.4. The van der Waals surface area contributed by atoms with Gasteiger partial charge in [0.05, 0.1) is 17.9 Å². The van der Waals surface area contributed by atoms with Crippen LogP contribution in [0.5, 0.6) is 0 Å². The van der Waals surface area contributed by atoms with E-state index in [1.165, 1.54) is 16.2 Å². The van der Waals surface area contributed by atoms with Crippen molar-refractivity contribution in [2.45, 2.75) is 19.9 Å². The minimum atomic E-state index is -0.0839. The maximum absolute atomic E-state index is 12.1. The molecule has 1 saturated heterocycles. The van der Waals surface area contributed by atoms with Crippen molar-refractivity contribution in [3.05, 3.63) is 21.0 Å². The van der Waals surface area contributed by atoms with Gasteiger partial charge in [-0.3, -0.25) is 9.69 Å². The summed E-state index contributed by atoms with van der Waals surface area (Å²) in [5.41, 5.74) is 0.692. The summed E-state index contributed by atoms with van der Waals surface area (Å²) in [5, 5.41) is 7.49. The van der Waals surface area contributed by atoms with E-state index in [0.29, 0.717) is 4.47 Å². The average Bonchev–Trinajstić information content (AvgIpc) is 2.44. The molecule has 0 unspecified atom stereocenters. The fraction of sp³-hybridized carbons (Fsp3) is 0.692. The molecule has 0 aromatic carbocycles. The van der Waals surface area contributed by atoms with Crippen LogP contribution in [0.4, 0.5) is 5.69 Å². The molecular formula is C13H21BrN4OS. The summed E-state index contributed by atoms with van der Waals surface area (Å²) in [7, 11) is 0. The first-order valence-electron chi connectivity index (χ1n) is 6.91. The van der Waals surface area contributed by atoms with Crippen LogP contribution in [0, 0.1) is 0 Å². The second kappa shape index (κ2) is 7.47. The molecule has 1 aliphatic heterocycles. The van der Waals surface area contributed by atoms with Gasteiger partial charge in [0.15, 0.2) is 0 Å². The Kier molecular flexibility index (Phi) is 5.92. The van der Waals surface area contributed by atoms with E-state index in [1.807, 2.05) is 25.6 Å². The van der Waals surface area contributed by atoms with Crippen molar-refractivity contribution in [2.24, 2.45) is 0 Å². The highest BCUT2D eigenvalue weighted by molar-refractivity contribution is 9.10. The molecule has 0 atom stereocenters. The predicted molar refractivity (Wildman–Crippen MR) is 88.8 cm³/mol. The van der Waals surface area contributed by atoms with Crippen LogP contribution >= 0.6 is 27.7 Å². The van der Waals surface area contributed by atoms with Gasteiger partial charge < -0.3 is 5.32 Å². The number of halogens is 1. The standard InChI is InChI=1S/C13H21BrN4OS/c1-10(2)18-13(19)12(14)11(9-16-18)15-3-4-17-5-7-20-8-6-17/h9-10,15H,3-8H2,1-2H3. The van der Waals surface area contributed by atoms with Crippen molar-refractivity contribution < 1.29 is 0 Å². The Hall–Kier alpha value is -0.530. The summed E-state index contributed by atoms with van der Waals surface area (Å²) in [6, 6.07) is 0.0682. The van der Waals surface area contributed by atoms with Gasteiger partial charge >= 0.3 is 0 Å². The van der Waals surface area contributed by atoms with E-state index in [0.717, 1.165) is 31.9 Å². The fourth-order valence-corrected chi connectivity index (χ4v) is 3.51. The highest BCUT2D eigenvalue weighted by atomic mass is 79.9. The second-order valence-corrected chi connectivity index (χ2v) is 7.11. The number of hydrogen-bond donors (Lipinski definition) is 1. The van der Waals surface area contributed by atoms with Crippen LogP contribution in [0.15, 0.2) is 15.5 Å². The molecule has 2 heterocycles. The van der Waals surface area contributed by atoms with Gasteiger partial charge in [0.1, 0.15) is 4.47 Å². The molecule has 1 aliphatic rings. The van der Waals surface area contributed by atoms with Gasteiger partial charge in [-0.25, -0.2) is 4.68 Å². The molecule has 0 saturated carbocycles. The van der Waals surface area contributed by atoms with Crippen LogP contribution in [-0.2, 0) is 0 Å². The second-order valence-electron chi connectivity index (χ2n) is 5.10. The van der Waals surface area contributed by atoms with E-state index in [2.05, 4.69) is 31.2 Å². The molecule has 7 heteroatoms. The zero-order chi connectivity index (χ0) is 14.5. The van der Waals surface area contributed by atoms with Crippen LogP contribution in [0.2, 0.25) is 0 Å². The first-order valence-corrected chi connectivity index (χ1v) is 8.85. The summed E-state index contributed by atoms with van der Waals surface area (Å²) in [4.78, 5) is 14.5. The van der Waals surface area contributed by atoms with Gasteiger partial charge in [-0.2, -0.15) is 16.9 Å². The van der Waals surface area contributed by atoms with Gasteiger partial charge in [0.2, 0.25) is 0 Å². The molecular weight excluding hydrogens is 340 g/mol. The maximum Gasteiger partial charge on any atom is 0.283 e. The van der Waals surface area contributed by atoms with Crippen LogP contribution in [0.3, 0.4) is 0 Å². The molecule has 1 aromatic rings. The van der Waals surface area contributed by atoms with Crippen molar-refractivity contribution in [1.82, 2.24) is 14.7 Å². The van der Waals surface area contributed by atoms with E-state index in [-0.39, 0.29) is 11.6 Å². The Labute approximate surface area is 132 Å². The summed E-state index contributed by atoms with van der Waals surface area (Å²) < 4.78 is 2.05. The number of nitrogens with zero attached hydrogens (tertiary/aromatic N) is 3. The molecule has 1 aromatic heterocycles. The van der Waals surface area contributed by atoms with Crippen molar-refractivity contribution in [3.8, 4) is 0 Å². The minimum Gasteiger partial charge on any atom is -0.381 e. The van der Waals surface area contributed by atoms with E-state index in [9.17, 15) is 4.79 Å². The monoisotopic (exact) mass is 360 g/mol. The molecule has 112 valence electrons. The normalized spacial score (nSPS) is 16.6. The van der Waals surface area contributed by atoms with Gasteiger partial charge in [0.25, 0.3) is 5.56 Å². The highest BCUT2D eigenvalue weighted by Gasteiger charge is 2.12. The third kappa shape index (κ3) is 3.99. The minimum absolute atomic E-state index is 0.0682. The number of anilines is 1. The fourth-order valence-electron chi connectivity index (χ4n) is 2.11. The molecule has 20 heavy (non-hydrogen) atoms. The molecule has 1 fully saturated rings. The summed E-state index contributed by atoms with van der Waals surface area (Å²) in [6.45, 7) is 8.03. The highest BCUT2D eigenvalue weighted by Crippen LogP contribution is 2.17. The lowest BCUT2D eigenvalue weighted by molar-refractivity contribution is 0.314. The summed E-state index contributed by atoms with van der Waals surface area (Å²) in [6.07, 6.45) is 1.72. The number of thioether (sulfide) groups is 1.